The maximum Gasteiger partial charge on any atom is 0.169 e. The fourth-order valence-electron chi connectivity index (χ4n) is 0.651. The van der Waals surface area contributed by atoms with Gasteiger partial charge in [-0.3, -0.25) is 10.7 Å². The van der Waals surface area contributed by atoms with Crippen molar-refractivity contribution in [3.8, 4) is 0 Å². The van der Waals surface area contributed by atoms with Crippen LogP contribution in [0.5, 0.6) is 0 Å². The van der Waals surface area contributed by atoms with Crippen LogP contribution in [0.4, 0.5) is 0 Å². The molecule has 50 valence electrons. The van der Waals surface area contributed by atoms with Gasteiger partial charge in [-0.25, -0.2) is 4.99 Å². The fourth-order valence-corrected chi connectivity index (χ4v) is 0.651. The van der Waals surface area contributed by atoms with Crippen LogP contribution < -0.4 is 5.48 Å². The molecule has 0 unspecified atom stereocenters. The predicted molar refractivity (Wildman–Crippen MR) is 30.8 cm³/mol. The van der Waals surface area contributed by atoms with Gasteiger partial charge < -0.3 is 5.21 Å². The Morgan fingerprint density at radius 1 is 1.56 bits per heavy atom. The summed E-state index contributed by atoms with van der Waals surface area (Å²) in [6, 6.07) is 0. The lowest BCUT2D eigenvalue weighted by Gasteiger charge is -1.89. The van der Waals surface area contributed by atoms with E-state index in [1.807, 2.05) is 5.48 Å². The molecule has 1 aliphatic heterocycles. The van der Waals surface area contributed by atoms with E-state index in [1.54, 1.807) is 0 Å². The van der Waals surface area contributed by atoms with E-state index in [0.29, 0.717) is 24.5 Å². The number of nitrogens with zero attached hydrogens (tertiary/aromatic N) is 2. The molecule has 0 amide bonds. The summed E-state index contributed by atoms with van der Waals surface area (Å²) in [5.41, 5.74) is 1.89. The average molecular weight is 129 g/mol. The lowest BCUT2D eigenvalue weighted by Crippen LogP contribution is -2.15. The van der Waals surface area contributed by atoms with E-state index < -0.39 is 0 Å². The van der Waals surface area contributed by atoms with Crippen LogP contribution in [-0.2, 0) is 0 Å². The van der Waals surface area contributed by atoms with Crippen LogP contribution in [0.1, 0.15) is 12.8 Å². The van der Waals surface area contributed by atoms with Gasteiger partial charge in [0.05, 0.1) is 0 Å². The van der Waals surface area contributed by atoms with Gasteiger partial charge in [0.2, 0.25) is 0 Å². The Morgan fingerprint density at radius 3 is 2.67 bits per heavy atom. The Balaban J connectivity index is 2.61. The highest BCUT2D eigenvalue weighted by molar-refractivity contribution is 6.02. The van der Waals surface area contributed by atoms with Gasteiger partial charge in [0, 0.05) is 12.8 Å². The van der Waals surface area contributed by atoms with Gasteiger partial charge in [0.1, 0.15) is 5.84 Å². The van der Waals surface area contributed by atoms with Crippen molar-refractivity contribution in [2.45, 2.75) is 12.8 Å². The first kappa shape index (κ1) is 6.03. The Bertz CT molecular complexity index is 163. The summed E-state index contributed by atoms with van der Waals surface area (Å²) >= 11 is 0. The molecule has 0 radical (unpaired) electrons. The van der Waals surface area contributed by atoms with Crippen molar-refractivity contribution in [2.75, 3.05) is 0 Å². The van der Waals surface area contributed by atoms with Gasteiger partial charge in [0.25, 0.3) is 0 Å². The van der Waals surface area contributed by atoms with Crippen LogP contribution in [0.15, 0.2) is 10.1 Å². The van der Waals surface area contributed by atoms with Crippen molar-refractivity contribution >= 4 is 11.7 Å². The Kier molecular flexibility index (Phi) is 1.64. The van der Waals surface area contributed by atoms with Gasteiger partial charge in [-0.15, -0.1) is 0 Å². The second-order valence-corrected chi connectivity index (χ2v) is 1.69. The van der Waals surface area contributed by atoms with Crippen molar-refractivity contribution < 1.29 is 10.4 Å². The molecule has 0 saturated heterocycles. The SMILES string of the molecule is O/N=C1\CCC(NO)=N1. The summed E-state index contributed by atoms with van der Waals surface area (Å²) < 4.78 is 0. The predicted octanol–water partition coefficient (Wildman–Crippen LogP) is -0.0548. The molecule has 0 bridgehead atoms. The second kappa shape index (κ2) is 2.45. The van der Waals surface area contributed by atoms with Gasteiger partial charge in [-0.2, -0.15) is 0 Å². The lowest BCUT2D eigenvalue weighted by molar-refractivity contribution is 0.232. The van der Waals surface area contributed by atoms with Crippen molar-refractivity contribution in [1.29, 1.82) is 0 Å². The Morgan fingerprint density at radius 2 is 2.33 bits per heavy atom. The van der Waals surface area contributed by atoms with Gasteiger partial charge in [-0.1, -0.05) is 5.16 Å². The van der Waals surface area contributed by atoms with Crippen molar-refractivity contribution in [3.63, 3.8) is 0 Å². The topological polar surface area (TPSA) is 77.2 Å². The summed E-state index contributed by atoms with van der Waals surface area (Å²) in [5, 5.41) is 19.3. The summed E-state index contributed by atoms with van der Waals surface area (Å²) in [6.45, 7) is 0. The second-order valence-electron chi connectivity index (χ2n) is 1.69. The molecule has 0 aromatic carbocycles. The van der Waals surface area contributed by atoms with Crippen LogP contribution in [0.2, 0.25) is 0 Å². The highest BCUT2D eigenvalue weighted by Crippen LogP contribution is 2.04. The maximum atomic E-state index is 8.26. The quantitative estimate of drug-likeness (QED) is 0.317. The molecular formula is C4H7N3O2. The zero-order valence-corrected chi connectivity index (χ0v) is 4.70. The van der Waals surface area contributed by atoms with Crippen molar-refractivity contribution in [1.82, 2.24) is 5.48 Å². The molecule has 1 heterocycles. The van der Waals surface area contributed by atoms with E-state index in [2.05, 4.69) is 10.1 Å². The molecule has 0 saturated carbocycles. The highest BCUT2D eigenvalue weighted by atomic mass is 16.5. The van der Waals surface area contributed by atoms with Gasteiger partial charge >= 0.3 is 0 Å². The van der Waals surface area contributed by atoms with Crippen LogP contribution in [-0.4, -0.2) is 22.1 Å². The zero-order chi connectivity index (χ0) is 6.69. The number of oxime groups is 1. The Hall–Kier alpha value is -1.10. The zero-order valence-electron chi connectivity index (χ0n) is 4.70. The highest BCUT2D eigenvalue weighted by Gasteiger charge is 2.10. The van der Waals surface area contributed by atoms with Crippen molar-refractivity contribution in [3.05, 3.63) is 0 Å². The first-order chi connectivity index (χ1) is 4.36. The minimum atomic E-state index is 0.353. The van der Waals surface area contributed by atoms with E-state index in [1.165, 1.54) is 0 Å². The third-order valence-corrected chi connectivity index (χ3v) is 1.09. The molecule has 0 aromatic rings. The number of rotatable bonds is 0. The molecule has 0 aliphatic carbocycles. The molecule has 3 N–H and O–H groups in total. The molecule has 0 spiro atoms. The van der Waals surface area contributed by atoms with E-state index >= 15 is 0 Å². The number of hydroxylamine groups is 1. The first-order valence-corrected chi connectivity index (χ1v) is 2.55. The average Bonchev–Trinajstić information content (AvgIpc) is 2.34. The minimum Gasteiger partial charge on any atom is -0.409 e. The van der Waals surface area contributed by atoms with Crippen LogP contribution in [0.3, 0.4) is 0 Å². The van der Waals surface area contributed by atoms with E-state index in [9.17, 15) is 0 Å². The standard InChI is InChI=1S/C4H7N3O2/c8-6-3-1-2-4(5-3)7-9/h8-9H,1-2H2,(H,5,6,7). The van der Waals surface area contributed by atoms with Gasteiger partial charge in [-0.05, 0) is 0 Å². The van der Waals surface area contributed by atoms with E-state index in [4.69, 9.17) is 10.4 Å². The smallest absolute Gasteiger partial charge is 0.169 e. The molecule has 5 nitrogen and oxygen atoms in total. The lowest BCUT2D eigenvalue weighted by atomic mass is 10.3. The van der Waals surface area contributed by atoms with Gasteiger partial charge in [0.15, 0.2) is 5.84 Å². The number of hydrogen-bond donors (Lipinski definition) is 3. The molecule has 5 heteroatoms. The Labute approximate surface area is 51.7 Å². The summed E-state index contributed by atoms with van der Waals surface area (Å²) in [5.74, 6) is 0.800. The summed E-state index contributed by atoms with van der Waals surface area (Å²) in [6.07, 6.45) is 1.19. The van der Waals surface area contributed by atoms with E-state index in [0.717, 1.165) is 0 Å². The first-order valence-electron chi connectivity index (χ1n) is 2.55. The monoisotopic (exact) mass is 129 g/mol. The van der Waals surface area contributed by atoms with Crippen LogP contribution >= 0.6 is 0 Å². The third-order valence-electron chi connectivity index (χ3n) is 1.09. The number of amidine groups is 2. The summed E-state index contributed by atoms with van der Waals surface area (Å²) in [4.78, 5) is 3.68. The number of nitrogens with one attached hydrogen (secondary N) is 1. The van der Waals surface area contributed by atoms with Crippen LogP contribution in [0.25, 0.3) is 0 Å². The minimum absolute atomic E-state index is 0.353. The molecular weight excluding hydrogens is 122 g/mol. The molecule has 9 heavy (non-hydrogen) atoms. The summed E-state index contributed by atoms with van der Waals surface area (Å²) in [7, 11) is 0. The van der Waals surface area contributed by atoms with Crippen molar-refractivity contribution in [2.24, 2.45) is 10.1 Å². The fraction of sp³-hybridized carbons (Fsp3) is 0.500. The number of aliphatic imine (C=N–C) groups is 1. The molecule has 0 aromatic heterocycles. The number of hydrogen-bond acceptors (Lipinski definition) is 4. The maximum absolute atomic E-state index is 8.26. The molecule has 0 atom stereocenters. The van der Waals surface area contributed by atoms with Crippen LogP contribution in [0, 0.1) is 0 Å². The normalized spacial score (nSPS) is 22.3. The third kappa shape index (κ3) is 1.17. The largest absolute Gasteiger partial charge is 0.409 e. The molecule has 1 rings (SSSR count). The molecule has 1 aliphatic rings. The molecule has 0 fully saturated rings. The van der Waals surface area contributed by atoms with E-state index in [-0.39, 0.29) is 0 Å².